The van der Waals surface area contributed by atoms with Gasteiger partial charge in [-0.25, -0.2) is 8.78 Å². The summed E-state index contributed by atoms with van der Waals surface area (Å²) < 4.78 is 33.2. The van der Waals surface area contributed by atoms with E-state index in [1.807, 2.05) is 60.7 Å². The van der Waals surface area contributed by atoms with Gasteiger partial charge in [-0.1, -0.05) is 66.7 Å². The van der Waals surface area contributed by atoms with E-state index in [1.54, 1.807) is 0 Å². The molecule has 0 spiro atoms. The molecular weight excluding hydrogens is 392 g/mol. The van der Waals surface area contributed by atoms with Gasteiger partial charge < -0.3 is 10.1 Å². The Labute approximate surface area is 173 Å². The zero-order valence-electron chi connectivity index (χ0n) is 15.7. The molecule has 0 heterocycles. The summed E-state index contributed by atoms with van der Waals surface area (Å²) in [7, 11) is 0. The van der Waals surface area contributed by atoms with E-state index in [9.17, 15) is 13.6 Å². The summed E-state index contributed by atoms with van der Waals surface area (Å²) in [5, 5.41) is 2.28. The molecule has 0 bridgehead atoms. The van der Waals surface area contributed by atoms with Crippen molar-refractivity contribution in [2.75, 3.05) is 23.4 Å². The summed E-state index contributed by atoms with van der Waals surface area (Å²) >= 11 is 1.34. The monoisotopic (exact) mass is 413 g/mol. The van der Waals surface area contributed by atoms with Crippen molar-refractivity contribution in [2.45, 2.75) is 6.10 Å². The lowest BCUT2D eigenvalue weighted by molar-refractivity contribution is -0.113. The molecular formula is C23H21F2NO2S. The fourth-order valence-corrected chi connectivity index (χ4v) is 3.44. The maximum atomic E-state index is 13.6. The third-order valence-corrected chi connectivity index (χ3v) is 5.10. The van der Waals surface area contributed by atoms with Crippen LogP contribution in [0.15, 0.2) is 78.9 Å². The third kappa shape index (κ3) is 6.14. The fraction of sp³-hybridized carbons (Fsp3) is 0.174. The number of para-hydroxylation sites is 1. The number of hydrogen-bond donors (Lipinski definition) is 1. The van der Waals surface area contributed by atoms with Gasteiger partial charge in [0.25, 0.3) is 0 Å². The van der Waals surface area contributed by atoms with Crippen molar-refractivity contribution in [3.63, 3.8) is 0 Å². The first-order valence-electron chi connectivity index (χ1n) is 9.18. The van der Waals surface area contributed by atoms with Crippen molar-refractivity contribution < 1.29 is 18.3 Å². The SMILES string of the molecule is O=C(CSCCOC(c1ccccc1)c1ccccc1)Nc1c(F)cccc1F. The van der Waals surface area contributed by atoms with E-state index in [-0.39, 0.29) is 11.9 Å². The summed E-state index contributed by atoms with van der Waals surface area (Å²) in [6.07, 6.45) is -0.195. The highest BCUT2D eigenvalue weighted by atomic mass is 32.2. The molecule has 29 heavy (non-hydrogen) atoms. The third-order valence-electron chi connectivity index (χ3n) is 4.18. The number of benzene rings is 3. The molecule has 0 radical (unpaired) electrons. The number of nitrogens with one attached hydrogen (secondary N) is 1. The summed E-state index contributed by atoms with van der Waals surface area (Å²) in [5.41, 5.74) is 1.69. The predicted octanol–water partition coefficient (Wildman–Crippen LogP) is 5.44. The minimum absolute atomic E-state index is 0.0818. The van der Waals surface area contributed by atoms with E-state index >= 15 is 0 Å². The van der Waals surface area contributed by atoms with Gasteiger partial charge in [0.15, 0.2) is 0 Å². The van der Waals surface area contributed by atoms with Crippen molar-refractivity contribution in [3.8, 4) is 0 Å². The highest BCUT2D eigenvalue weighted by molar-refractivity contribution is 7.99. The number of thioether (sulfide) groups is 1. The largest absolute Gasteiger partial charge is 0.368 e. The number of ether oxygens (including phenoxy) is 1. The Hall–Kier alpha value is -2.70. The first-order valence-corrected chi connectivity index (χ1v) is 10.3. The van der Waals surface area contributed by atoms with Crippen LogP contribution < -0.4 is 5.32 Å². The quantitative estimate of drug-likeness (QED) is 0.475. The average molecular weight is 413 g/mol. The van der Waals surface area contributed by atoms with E-state index in [0.29, 0.717) is 12.4 Å². The smallest absolute Gasteiger partial charge is 0.234 e. The van der Waals surface area contributed by atoms with Crippen LogP contribution in [-0.4, -0.2) is 24.0 Å². The van der Waals surface area contributed by atoms with Gasteiger partial charge in [0.05, 0.1) is 12.4 Å². The molecule has 3 rings (SSSR count). The molecule has 0 saturated carbocycles. The molecule has 6 heteroatoms. The zero-order valence-corrected chi connectivity index (χ0v) is 16.5. The van der Waals surface area contributed by atoms with Gasteiger partial charge in [-0.15, -0.1) is 11.8 Å². The van der Waals surface area contributed by atoms with Crippen molar-refractivity contribution in [3.05, 3.63) is 102 Å². The molecule has 150 valence electrons. The lowest BCUT2D eigenvalue weighted by atomic mass is 10.0. The number of amides is 1. The molecule has 0 aromatic heterocycles. The van der Waals surface area contributed by atoms with E-state index < -0.39 is 23.2 Å². The fourth-order valence-electron chi connectivity index (χ4n) is 2.82. The van der Waals surface area contributed by atoms with Crippen LogP contribution in [0.4, 0.5) is 14.5 Å². The Morgan fingerprint density at radius 3 is 1.97 bits per heavy atom. The van der Waals surface area contributed by atoms with Crippen LogP contribution in [0.3, 0.4) is 0 Å². The number of carbonyl (C=O) groups excluding carboxylic acids is 1. The molecule has 3 aromatic rings. The van der Waals surface area contributed by atoms with Crippen LogP contribution in [0.2, 0.25) is 0 Å². The van der Waals surface area contributed by atoms with Crippen molar-refractivity contribution >= 4 is 23.4 Å². The predicted molar refractivity (Wildman–Crippen MR) is 113 cm³/mol. The Bertz CT molecular complexity index is 863. The van der Waals surface area contributed by atoms with Crippen molar-refractivity contribution in [1.82, 2.24) is 0 Å². The van der Waals surface area contributed by atoms with Crippen molar-refractivity contribution in [1.29, 1.82) is 0 Å². The second-order valence-corrected chi connectivity index (χ2v) is 7.37. The Kier molecular flexibility index (Phi) is 7.78. The number of carbonyl (C=O) groups is 1. The van der Waals surface area contributed by atoms with Gasteiger partial charge in [0.2, 0.25) is 5.91 Å². The maximum Gasteiger partial charge on any atom is 0.234 e. The standard InChI is InChI=1S/C23H21F2NO2S/c24-19-12-7-13-20(25)22(19)26-21(27)16-29-15-14-28-23(17-8-3-1-4-9-17)18-10-5-2-6-11-18/h1-13,23H,14-16H2,(H,26,27). The van der Waals surface area contributed by atoms with E-state index in [2.05, 4.69) is 5.32 Å². The molecule has 0 aliphatic carbocycles. The molecule has 0 aliphatic rings. The molecule has 3 aromatic carbocycles. The van der Waals surface area contributed by atoms with Gasteiger partial charge in [-0.3, -0.25) is 4.79 Å². The van der Waals surface area contributed by atoms with Gasteiger partial charge >= 0.3 is 0 Å². The molecule has 3 nitrogen and oxygen atoms in total. The minimum Gasteiger partial charge on any atom is -0.368 e. The van der Waals surface area contributed by atoms with Crippen LogP contribution in [0, 0.1) is 11.6 Å². The average Bonchev–Trinajstić information content (AvgIpc) is 2.75. The van der Waals surface area contributed by atoms with Gasteiger partial charge in [-0.2, -0.15) is 0 Å². The highest BCUT2D eigenvalue weighted by Crippen LogP contribution is 2.26. The number of halogens is 2. The minimum atomic E-state index is -0.791. The highest BCUT2D eigenvalue weighted by Gasteiger charge is 2.15. The van der Waals surface area contributed by atoms with Gasteiger partial charge in [0.1, 0.15) is 23.4 Å². The lowest BCUT2D eigenvalue weighted by Crippen LogP contribution is -2.17. The first-order chi connectivity index (χ1) is 14.1. The molecule has 1 amide bonds. The topological polar surface area (TPSA) is 38.3 Å². The summed E-state index contributed by atoms with van der Waals surface area (Å²) in [6, 6.07) is 23.3. The van der Waals surface area contributed by atoms with Crippen LogP contribution in [0.1, 0.15) is 17.2 Å². The number of anilines is 1. The Balaban J connectivity index is 1.49. The van der Waals surface area contributed by atoms with E-state index in [4.69, 9.17) is 4.74 Å². The Morgan fingerprint density at radius 2 is 1.41 bits per heavy atom. The molecule has 0 saturated heterocycles. The van der Waals surface area contributed by atoms with Crippen LogP contribution in [0.5, 0.6) is 0 Å². The summed E-state index contributed by atoms with van der Waals surface area (Å²) in [5.74, 6) is -1.39. The Morgan fingerprint density at radius 1 is 0.862 bits per heavy atom. The van der Waals surface area contributed by atoms with E-state index in [0.717, 1.165) is 23.3 Å². The maximum absolute atomic E-state index is 13.6. The second-order valence-electron chi connectivity index (χ2n) is 6.27. The lowest BCUT2D eigenvalue weighted by Gasteiger charge is -2.19. The number of hydrogen-bond acceptors (Lipinski definition) is 3. The zero-order chi connectivity index (χ0) is 20.5. The van der Waals surface area contributed by atoms with Crippen LogP contribution in [-0.2, 0) is 9.53 Å². The summed E-state index contributed by atoms with van der Waals surface area (Å²) in [6.45, 7) is 0.431. The summed E-state index contributed by atoms with van der Waals surface area (Å²) in [4.78, 5) is 12.0. The van der Waals surface area contributed by atoms with Crippen molar-refractivity contribution in [2.24, 2.45) is 0 Å². The normalized spacial score (nSPS) is 10.9. The molecule has 0 atom stereocenters. The molecule has 0 aliphatic heterocycles. The van der Waals surface area contributed by atoms with Gasteiger partial charge in [0, 0.05) is 5.75 Å². The first kappa shape index (κ1) is 21.0. The number of rotatable bonds is 9. The van der Waals surface area contributed by atoms with Gasteiger partial charge in [-0.05, 0) is 23.3 Å². The molecule has 1 N–H and O–H groups in total. The van der Waals surface area contributed by atoms with E-state index in [1.165, 1.54) is 17.8 Å². The molecule has 0 unspecified atom stereocenters. The second kappa shape index (κ2) is 10.7. The van der Waals surface area contributed by atoms with Crippen LogP contribution in [0.25, 0.3) is 0 Å². The molecule has 0 fully saturated rings. The van der Waals surface area contributed by atoms with Crippen LogP contribution >= 0.6 is 11.8 Å².